The van der Waals surface area contributed by atoms with Crippen LogP contribution in [0.5, 0.6) is 5.75 Å². The molecule has 0 spiro atoms. The normalized spacial score (nSPS) is 10.9. The van der Waals surface area contributed by atoms with E-state index in [1.807, 2.05) is 0 Å². The molecule has 0 radical (unpaired) electrons. The van der Waals surface area contributed by atoms with Gasteiger partial charge in [-0.1, -0.05) is 23.2 Å². The number of pyridine rings is 1. The molecule has 0 saturated carbocycles. The van der Waals surface area contributed by atoms with Crippen LogP contribution in [-0.4, -0.2) is 23.8 Å². The molecule has 0 aliphatic carbocycles. The molecule has 3 aromatic rings. The average molecular weight is 379 g/mol. The summed E-state index contributed by atoms with van der Waals surface area (Å²) in [4.78, 5) is 28.1. The first-order valence-electron chi connectivity index (χ1n) is 7.10. The number of hydrogen-bond donors (Lipinski definition) is 1. The van der Waals surface area contributed by atoms with Gasteiger partial charge in [-0.05, 0) is 18.2 Å². The van der Waals surface area contributed by atoms with E-state index in [2.05, 4.69) is 4.98 Å². The summed E-state index contributed by atoms with van der Waals surface area (Å²) in [5.41, 5.74) is 6.52. The number of methoxy groups -OCH3 is 1. The van der Waals surface area contributed by atoms with Gasteiger partial charge in [0.15, 0.2) is 22.9 Å². The van der Waals surface area contributed by atoms with E-state index >= 15 is 0 Å². The van der Waals surface area contributed by atoms with Gasteiger partial charge < -0.3 is 14.9 Å². The highest BCUT2D eigenvalue weighted by atomic mass is 35.5. The molecule has 0 fully saturated rings. The van der Waals surface area contributed by atoms with Gasteiger partial charge in [0.25, 0.3) is 5.91 Å². The third-order valence-electron chi connectivity index (χ3n) is 3.65. The molecule has 0 bridgehead atoms. The predicted molar refractivity (Wildman–Crippen MR) is 94.5 cm³/mol. The largest absolute Gasteiger partial charge is 0.493 e. The first-order chi connectivity index (χ1) is 11.8. The van der Waals surface area contributed by atoms with Gasteiger partial charge in [0.2, 0.25) is 0 Å². The number of aromatic nitrogens is 1. The summed E-state index contributed by atoms with van der Waals surface area (Å²) in [5.74, 6) is -1.03. The van der Waals surface area contributed by atoms with Crippen molar-refractivity contribution in [3.63, 3.8) is 0 Å². The van der Waals surface area contributed by atoms with Crippen molar-refractivity contribution in [2.24, 2.45) is 5.73 Å². The highest BCUT2D eigenvalue weighted by molar-refractivity contribution is 6.36. The van der Waals surface area contributed by atoms with Crippen molar-refractivity contribution >= 4 is 45.9 Å². The van der Waals surface area contributed by atoms with E-state index in [9.17, 15) is 9.59 Å². The quantitative estimate of drug-likeness (QED) is 0.689. The Kier molecular flexibility index (Phi) is 4.41. The van der Waals surface area contributed by atoms with Crippen LogP contribution in [-0.2, 0) is 0 Å². The van der Waals surface area contributed by atoms with Crippen LogP contribution in [0.1, 0.15) is 27.8 Å². The summed E-state index contributed by atoms with van der Waals surface area (Å²) in [7, 11) is 1.45. The summed E-state index contributed by atoms with van der Waals surface area (Å²) in [6.07, 6.45) is 1.43. The number of fused-ring (bicyclic) bond motifs is 1. The molecule has 8 heteroatoms. The SMILES string of the molecule is COc1ccc(-c2ncc(Cl)cc2Cl)c2c(C(N)=O)c(C(C)=O)oc12. The summed E-state index contributed by atoms with van der Waals surface area (Å²) in [5, 5.41) is 0.957. The van der Waals surface area contributed by atoms with E-state index in [0.29, 0.717) is 27.4 Å². The standard InChI is InChI=1S/C17H12Cl2N2O4/c1-7(22)15-13(17(20)23)12-9(3-4-11(24-2)16(12)25-15)14-10(19)5-8(18)6-21-14/h3-6H,1-2H3,(H2,20,23). The van der Waals surface area contributed by atoms with Crippen molar-refractivity contribution < 1.29 is 18.7 Å². The fourth-order valence-electron chi connectivity index (χ4n) is 2.63. The molecule has 3 rings (SSSR count). The minimum absolute atomic E-state index is 0.0378. The lowest BCUT2D eigenvalue weighted by Crippen LogP contribution is -2.14. The Morgan fingerprint density at radius 1 is 1.28 bits per heavy atom. The van der Waals surface area contributed by atoms with Crippen molar-refractivity contribution in [1.29, 1.82) is 0 Å². The van der Waals surface area contributed by atoms with Crippen LogP contribution in [0.25, 0.3) is 22.2 Å². The number of benzene rings is 1. The van der Waals surface area contributed by atoms with Crippen LogP contribution in [0.4, 0.5) is 0 Å². The number of rotatable bonds is 4. The monoisotopic (exact) mass is 378 g/mol. The van der Waals surface area contributed by atoms with E-state index in [-0.39, 0.29) is 21.9 Å². The van der Waals surface area contributed by atoms with Gasteiger partial charge >= 0.3 is 0 Å². The minimum atomic E-state index is -0.802. The van der Waals surface area contributed by atoms with Crippen LogP contribution >= 0.6 is 23.2 Å². The zero-order valence-electron chi connectivity index (χ0n) is 13.2. The molecular formula is C17H12Cl2N2O4. The van der Waals surface area contributed by atoms with Crippen molar-refractivity contribution in [3.05, 3.63) is 45.8 Å². The zero-order valence-corrected chi connectivity index (χ0v) is 14.7. The van der Waals surface area contributed by atoms with Crippen LogP contribution in [0.15, 0.2) is 28.8 Å². The van der Waals surface area contributed by atoms with E-state index in [4.69, 9.17) is 38.1 Å². The van der Waals surface area contributed by atoms with Gasteiger partial charge in [0.1, 0.15) is 0 Å². The number of primary amides is 1. The van der Waals surface area contributed by atoms with Gasteiger partial charge in [-0.2, -0.15) is 0 Å². The van der Waals surface area contributed by atoms with Crippen LogP contribution in [0.3, 0.4) is 0 Å². The Bertz CT molecular complexity index is 1030. The highest BCUT2D eigenvalue weighted by Gasteiger charge is 2.27. The Hall–Kier alpha value is -2.57. The highest BCUT2D eigenvalue weighted by Crippen LogP contribution is 2.41. The predicted octanol–water partition coefficient (Wildman–Crippen LogP) is 4.11. The summed E-state index contributed by atoms with van der Waals surface area (Å²) >= 11 is 12.1. The molecule has 25 heavy (non-hydrogen) atoms. The lowest BCUT2D eigenvalue weighted by molar-refractivity contribution is 0.0958. The van der Waals surface area contributed by atoms with Crippen molar-refractivity contribution in [3.8, 4) is 17.0 Å². The molecule has 6 nitrogen and oxygen atoms in total. The van der Waals surface area contributed by atoms with Crippen LogP contribution < -0.4 is 10.5 Å². The average Bonchev–Trinajstić information content (AvgIpc) is 2.95. The fourth-order valence-corrected chi connectivity index (χ4v) is 3.12. The molecule has 2 N–H and O–H groups in total. The van der Waals surface area contributed by atoms with Crippen molar-refractivity contribution in [2.75, 3.05) is 7.11 Å². The van der Waals surface area contributed by atoms with Gasteiger partial charge in [-0.25, -0.2) is 0 Å². The summed E-state index contributed by atoms with van der Waals surface area (Å²) in [6.45, 7) is 1.28. The van der Waals surface area contributed by atoms with Crippen molar-refractivity contribution in [2.45, 2.75) is 6.92 Å². The fraction of sp³-hybridized carbons (Fsp3) is 0.118. The molecular weight excluding hydrogens is 367 g/mol. The topological polar surface area (TPSA) is 95.4 Å². The molecule has 128 valence electrons. The number of ketones is 1. The van der Waals surface area contributed by atoms with Gasteiger partial charge in [0.05, 0.1) is 28.4 Å². The maximum absolute atomic E-state index is 12.0. The lowest BCUT2D eigenvalue weighted by Gasteiger charge is -2.08. The van der Waals surface area contributed by atoms with Gasteiger partial charge in [-0.3, -0.25) is 14.6 Å². The molecule has 0 unspecified atom stereocenters. The smallest absolute Gasteiger partial charge is 0.253 e. The third kappa shape index (κ3) is 2.83. The van der Waals surface area contributed by atoms with Crippen LogP contribution in [0.2, 0.25) is 10.0 Å². The molecule has 2 aromatic heterocycles. The Balaban J connectivity index is 2.48. The van der Waals surface area contributed by atoms with E-state index in [1.54, 1.807) is 12.1 Å². The van der Waals surface area contributed by atoms with E-state index in [0.717, 1.165) is 0 Å². The van der Waals surface area contributed by atoms with E-state index in [1.165, 1.54) is 26.3 Å². The number of carbonyl (C=O) groups is 2. The second-order valence-electron chi connectivity index (χ2n) is 5.23. The number of hydrogen-bond acceptors (Lipinski definition) is 5. The molecule has 0 atom stereocenters. The molecule has 1 amide bonds. The molecule has 1 aromatic carbocycles. The van der Waals surface area contributed by atoms with Gasteiger partial charge in [-0.15, -0.1) is 0 Å². The number of nitrogens with two attached hydrogens (primary N) is 1. The number of amides is 1. The first kappa shape index (κ1) is 17.3. The number of ether oxygens (including phenoxy) is 1. The maximum atomic E-state index is 12.0. The number of furan rings is 1. The molecule has 0 saturated heterocycles. The van der Waals surface area contributed by atoms with Crippen LogP contribution in [0, 0.1) is 0 Å². The number of nitrogens with zero attached hydrogens (tertiary/aromatic N) is 1. The molecule has 2 heterocycles. The second-order valence-corrected chi connectivity index (χ2v) is 6.07. The van der Waals surface area contributed by atoms with Crippen molar-refractivity contribution in [1.82, 2.24) is 4.98 Å². The zero-order chi connectivity index (χ0) is 18.3. The first-order valence-corrected chi connectivity index (χ1v) is 7.86. The number of halogens is 2. The Morgan fingerprint density at radius 2 is 2.00 bits per heavy atom. The second kappa shape index (κ2) is 6.38. The molecule has 0 aliphatic heterocycles. The Labute approximate surface area is 152 Å². The number of Topliss-reactive ketones (excluding diaryl/α,β-unsaturated/α-hetero) is 1. The number of carbonyl (C=O) groups excluding carboxylic acids is 2. The Morgan fingerprint density at radius 3 is 2.56 bits per heavy atom. The molecule has 0 aliphatic rings. The lowest BCUT2D eigenvalue weighted by atomic mass is 10.00. The maximum Gasteiger partial charge on any atom is 0.253 e. The van der Waals surface area contributed by atoms with Gasteiger partial charge in [0, 0.05) is 24.1 Å². The minimum Gasteiger partial charge on any atom is -0.493 e. The van der Waals surface area contributed by atoms with E-state index < -0.39 is 11.7 Å². The third-order valence-corrected chi connectivity index (χ3v) is 4.15. The summed E-state index contributed by atoms with van der Waals surface area (Å²) < 4.78 is 10.9. The summed E-state index contributed by atoms with van der Waals surface area (Å²) in [6, 6.07) is 4.81.